The van der Waals surface area contributed by atoms with Crippen LogP contribution in [-0.2, 0) is 0 Å². The van der Waals surface area contributed by atoms with Gasteiger partial charge in [0.25, 0.3) is 0 Å². The fourth-order valence-corrected chi connectivity index (χ4v) is 3.37. The lowest BCUT2D eigenvalue weighted by atomic mass is 9.95. The normalized spacial score (nSPS) is 21.3. The summed E-state index contributed by atoms with van der Waals surface area (Å²) < 4.78 is 19.5. The van der Waals surface area contributed by atoms with E-state index in [0.29, 0.717) is 0 Å². The molecule has 0 spiro atoms. The fourth-order valence-electron chi connectivity index (χ4n) is 2.60. The van der Waals surface area contributed by atoms with Crippen molar-refractivity contribution in [2.24, 2.45) is 0 Å². The van der Waals surface area contributed by atoms with Gasteiger partial charge in [-0.05, 0) is 42.6 Å². The van der Waals surface area contributed by atoms with Gasteiger partial charge in [-0.3, -0.25) is 0 Å². The van der Waals surface area contributed by atoms with Crippen LogP contribution in [0.1, 0.15) is 42.4 Å². The zero-order chi connectivity index (χ0) is 13.9. The van der Waals surface area contributed by atoms with Crippen LogP contribution in [0.4, 0.5) is 4.39 Å². The number of rotatable bonds is 4. The van der Waals surface area contributed by atoms with Crippen LogP contribution >= 0.6 is 11.3 Å². The Morgan fingerprint density at radius 2 is 2.30 bits per heavy atom. The lowest BCUT2D eigenvalue weighted by Gasteiger charge is -2.32. The van der Waals surface area contributed by atoms with Crippen LogP contribution in [0.3, 0.4) is 0 Å². The summed E-state index contributed by atoms with van der Waals surface area (Å²) in [5.74, 6) is 0.592. The molecule has 1 aromatic carbocycles. The van der Waals surface area contributed by atoms with Gasteiger partial charge in [0.2, 0.25) is 0 Å². The van der Waals surface area contributed by atoms with Crippen molar-refractivity contribution in [3.8, 4) is 5.75 Å². The quantitative estimate of drug-likeness (QED) is 0.898. The highest BCUT2D eigenvalue weighted by atomic mass is 32.1. The molecule has 2 aromatic rings. The van der Waals surface area contributed by atoms with E-state index in [4.69, 9.17) is 4.74 Å². The van der Waals surface area contributed by atoms with Crippen molar-refractivity contribution in [3.05, 3.63) is 52.0 Å². The molecular formula is C16H18FNOS. The van der Waals surface area contributed by atoms with Gasteiger partial charge in [0.05, 0.1) is 0 Å². The van der Waals surface area contributed by atoms with Gasteiger partial charge >= 0.3 is 0 Å². The van der Waals surface area contributed by atoms with Gasteiger partial charge in [0.15, 0.2) is 0 Å². The summed E-state index contributed by atoms with van der Waals surface area (Å²) in [4.78, 5) is 1.23. The second-order valence-electron chi connectivity index (χ2n) is 5.05. The zero-order valence-corrected chi connectivity index (χ0v) is 12.3. The largest absolute Gasteiger partial charge is 0.484 e. The minimum atomic E-state index is -0.203. The first-order valence-electron chi connectivity index (χ1n) is 7.01. The third kappa shape index (κ3) is 2.72. The van der Waals surface area contributed by atoms with Crippen molar-refractivity contribution in [2.45, 2.75) is 31.9 Å². The molecule has 0 saturated carbocycles. The number of halogens is 1. The summed E-state index contributed by atoms with van der Waals surface area (Å²) >= 11 is 1.71. The maximum atomic E-state index is 13.5. The molecule has 1 aliphatic heterocycles. The summed E-state index contributed by atoms with van der Waals surface area (Å²) in [6.45, 7) is 3.06. The van der Waals surface area contributed by atoms with E-state index >= 15 is 0 Å². The molecule has 2 nitrogen and oxygen atoms in total. The highest BCUT2D eigenvalue weighted by Gasteiger charge is 2.29. The molecule has 0 bridgehead atoms. The number of benzene rings is 1. The Hall–Kier alpha value is -1.39. The Labute approximate surface area is 122 Å². The van der Waals surface area contributed by atoms with E-state index in [1.165, 1.54) is 10.9 Å². The number of nitrogens with one attached hydrogen (secondary N) is 1. The Kier molecular flexibility index (Phi) is 4.03. The molecule has 0 saturated heterocycles. The molecule has 4 heteroatoms. The first kappa shape index (κ1) is 13.6. The molecule has 1 aromatic heterocycles. The fraction of sp³-hybridized carbons (Fsp3) is 0.375. The smallest absolute Gasteiger partial charge is 0.135 e. The van der Waals surface area contributed by atoms with Crippen LogP contribution < -0.4 is 10.1 Å². The van der Waals surface area contributed by atoms with E-state index in [1.807, 2.05) is 6.07 Å². The third-order valence-corrected chi connectivity index (χ3v) is 4.53. The lowest BCUT2D eigenvalue weighted by molar-refractivity contribution is 0.154. The molecule has 0 fully saturated rings. The summed E-state index contributed by atoms with van der Waals surface area (Å²) in [6.07, 6.45) is 1.96. The van der Waals surface area contributed by atoms with Crippen LogP contribution in [0.15, 0.2) is 35.7 Å². The minimum absolute atomic E-state index is 0.0577. The Morgan fingerprint density at radius 1 is 1.40 bits per heavy atom. The van der Waals surface area contributed by atoms with Crippen molar-refractivity contribution < 1.29 is 9.13 Å². The van der Waals surface area contributed by atoms with Crippen molar-refractivity contribution in [1.29, 1.82) is 0 Å². The molecule has 2 unspecified atom stereocenters. The predicted molar refractivity (Wildman–Crippen MR) is 79.7 cm³/mol. The van der Waals surface area contributed by atoms with Crippen LogP contribution in [0.2, 0.25) is 0 Å². The number of thiophene rings is 1. The van der Waals surface area contributed by atoms with Crippen LogP contribution in [0.25, 0.3) is 0 Å². The predicted octanol–water partition coefficient (Wildman–Crippen LogP) is 4.45. The van der Waals surface area contributed by atoms with E-state index in [1.54, 1.807) is 23.5 Å². The molecule has 0 amide bonds. The maximum absolute atomic E-state index is 13.5. The molecule has 1 N–H and O–H groups in total. The Balaban J connectivity index is 1.90. The molecule has 106 valence electrons. The Morgan fingerprint density at radius 3 is 3.05 bits per heavy atom. The van der Waals surface area contributed by atoms with Crippen LogP contribution in [0.5, 0.6) is 5.75 Å². The van der Waals surface area contributed by atoms with Crippen LogP contribution in [0, 0.1) is 5.82 Å². The molecule has 20 heavy (non-hydrogen) atoms. The molecule has 0 aliphatic carbocycles. The van der Waals surface area contributed by atoms with E-state index in [9.17, 15) is 4.39 Å². The highest BCUT2D eigenvalue weighted by molar-refractivity contribution is 7.10. The van der Waals surface area contributed by atoms with Gasteiger partial charge in [-0.2, -0.15) is 0 Å². The van der Waals surface area contributed by atoms with Crippen LogP contribution in [-0.4, -0.2) is 6.54 Å². The standard InChI is InChI=1S/C16H18FNOS/c1-2-7-18-13-10-15(16-4-3-8-20-16)19-14-6-5-11(17)9-12(13)14/h3-6,8-9,13,15,18H,2,7,10H2,1H3. The monoisotopic (exact) mass is 291 g/mol. The van der Waals surface area contributed by atoms with E-state index in [-0.39, 0.29) is 18.0 Å². The van der Waals surface area contributed by atoms with Gasteiger partial charge < -0.3 is 10.1 Å². The van der Waals surface area contributed by atoms with Crippen molar-refractivity contribution >= 4 is 11.3 Å². The zero-order valence-electron chi connectivity index (χ0n) is 11.4. The SMILES string of the molecule is CCCNC1CC(c2cccs2)Oc2ccc(F)cc21. The maximum Gasteiger partial charge on any atom is 0.135 e. The Bertz CT molecular complexity index is 570. The van der Waals surface area contributed by atoms with Gasteiger partial charge in [0, 0.05) is 22.9 Å². The summed E-state index contributed by atoms with van der Waals surface area (Å²) in [7, 11) is 0. The molecule has 3 rings (SSSR count). The van der Waals surface area contributed by atoms with Gasteiger partial charge in [0.1, 0.15) is 17.7 Å². The van der Waals surface area contributed by atoms with E-state index in [0.717, 1.165) is 30.7 Å². The van der Waals surface area contributed by atoms with Gasteiger partial charge in [-0.1, -0.05) is 13.0 Å². The summed E-state index contributed by atoms with van der Waals surface area (Å²) in [5, 5.41) is 5.57. The lowest BCUT2D eigenvalue weighted by Crippen LogP contribution is -2.29. The molecular weight excluding hydrogens is 273 g/mol. The number of hydrogen-bond donors (Lipinski definition) is 1. The van der Waals surface area contributed by atoms with Crippen molar-refractivity contribution in [3.63, 3.8) is 0 Å². The number of hydrogen-bond acceptors (Lipinski definition) is 3. The van der Waals surface area contributed by atoms with E-state index in [2.05, 4.69) is 23.7 Å². The molecule has 0 radical (unpaired) electrons. The second kappa shape index (κ2) is 5.94. The average molecular weight is 291 g/mol. The summed E-state index contributed by atoms with van der Waals surface area (Å²) in [6, 6.07) is 9.09. The number of fused-ring (bicyclic) bond motifs is 1. The minimum Gasteiger partial charge on any atom is -0.484 e. The van der Waals surface area contributed by atoms with Crippen molar-refractivity contribution in [1.82, 2.24) is 5.32 Å². The molecule has 2 heterocycles. The van der Waals surface area contributed by atoms with Gasteiger partial charge in [-0.15, -0.1) is 11.3 Å². The highest BCUT2D eigenvalue weighted by Crippen LogP contribution is 2.42. The summed E-state index contributed by atoms with van der Waals surface area (Å²) in [5.41, 5.74) is 0.936. The second-order valence-corrected chi connectivity index (χ2v) is 6.03. The first-order chi connectivity index (χ1) is 9.78. The first-order valence-corrected chi connectivity index (χ1v) is 7.88. The molecule has 1 aliphatic rings. The third-order valence-electron chi connectivity index (χ3n) is 3.57. The van der Waals surface area contributed by atoms with Gasteiger partial charge in [-0.25, -0.2) is 4.39 Å². The topological polar surface area (TPSA) is 21.3 Å². The van der Waals surface area contributed by atoms with E-state index < -0.39 is 0 Å². The van der Waals surface area contributed by atoms with Crippen molar-refractivity contribution in [2.75, 3.05) is 6.54 Å². The average Bonchev–Trinajstić information content (AvgIpc) is 2.99. The number of ether oxygens (including phenoxy) is 1. The molecule has 2 atom stereocenters.